The van der Waals surface area contributed by atoms with E-state index < -0.39 is 10.0 Å². The first-order valence-corrected chi connectivity index (χ1v) is 7.75. The zero-order valence-corrected chi connectivity index (χ0v) is 11.5. The van der Waals surface area contributed by atoms with E-state index in [4.69, 9.17) is 11.6 Å². The minimum Gasteiger partial charge on any atom is -0.316 e. The van der Waals surface area contributed by atoms with Crippen LogP contribution < -0.4 is 10.0 Å². The van der Waals surface area contributed by atoms with Crippen LogP contribution in [0.15, 0.2) is 23.4 Å². The van der Waals surface area contributed by atoms with Gasteiger partial charge in [-0.05, 0) is 37.9 Å². The van der Waals surface area contributed by atoms with Gasteiger partial charge in [0, 0.05) is 18.9 Å². The summed E-state index contributed by atoms with van der Waals surface area (Å²) in [6, 6.07) is 1.40. The molecular formula is C11H16ClN3O2S. The Balaban J connectivity index is 1.98. The number of halogens is 1. The van der Waals surface area contributed by atoms with Crippen molar-refractivity contribution in [2.75, 3.05) is 19.6 Å². The molecule has 1 atom stereocenters. The Morgan fingerprint density at radius 1 is 1.50 bits per heavy atom. The van der Waals surface area contributed by atoms with E-state index in [0.717, 1.165) is 25.9 Å². The van der Waals surface area contributed by atoms with E-state index in [2.05, 4.69) is 15.0 Å². The van der Waals surface area contributed by atoms with E-state index in [9.17, 15) is 8.42 Å². The van der Waals surface area contributed by atoms with Crippen LogP contribution in [0.3, 0.4) is 0 Å². The Morgan fingerprint density at radius 2 is 2.33 bits per heavy atom. The third-order valence-corrected chi connectivity index (χ3v) is 4.55. The molecule has 2 rings (SSSR count). The van der Waals surface area contributed by atoms with Gasteiger partial charge >= 0.3 is 0 Å². The van der Waals surface area contributed by atoms with Gasteiger partial charge in [-0.15, -0.1) is 0 Å². The number of rotatable bonds is 4. The molecule has 1 unspecified atom stereocenters. The minimum absolute atomic E-state index is 0.110. The second-order valence-corrected chi connectivity index (χ2v) is 6.61. The van der Waals surface area contributed by atoms with Crippen molar-refractivity contribution in [1.82, 2.24) is 15.0 Å². The first-order chi connectivity index (χ1) is 8.58. The summed E-state index contributed by atoms with van der Waals surface area (Å²) in [4.78, 5) is 3.89. The molecule has 1 fully saturated rings. The molecule has 0 amide bonds. The van der Waals surface area contributed by atoms with Gasteiger partial charge in [0.05, 0.1) is 5.02 Å². The molecule has 0 bridgehead atoms. The number of piperidine rings is 1. The molecule has 100 valence electrons. The molecule has 2 N–H and O–H groups in total. The summed E-state index contributed by atoms with van der Waals surface area (Å²) < 4.78 is 26.6. The monoisotopic (exact) mass is 289 g/mol. The molecule has 0 aliphatic carbocycles. The van der Waals surface area contributed by atoms with Crippen LogP contribution in [0.4, 0.5) is 0 Å². The maximum atomic E-state index is 12.0. The van der Waals surface area contributed by atoms with E-state index in [1.54, 1.807) is 0 Å². The summed E-state index contributed by atoms with van der Waals surface area (Å²) in [6.07, 6.45) is 4.84. The lowest BCUT2D eigenvalue weighted by Crippen LogP contribution is -2.38. The van der Waals surface area contributed by atoms with E-state index in [1.165, 1.54) is 18.5 Å². The van der Waals surface area contributed by atoms with Crippen molar-refractivity contribution in [3.63, 3.8) is 0 Å². The summed E-state index contributed by atoms with van der Waals surface area (Å²) in [6.45, 7) is 2.32. The molecule has 1 aliphatic heterocycles. The topological polar surface area (TPSA) is 71.1 Å². The van der Waals surface area contributed by atoms with Crippen LogP contribution in [-0.2, 0) is 10.0 Å². The van der Waals surface area contributed by atoms with Gasteiger partial charge in [-0.25, -0.2) is 13.1 Å². The molecule has 7 heteroatoms. The summed E-state index contributed by atoms with van der Waals surface area (Å²) in [7, 11) is -3.51. The van der Waals surface area contributed by atoms with Crippen LogP contribution in [-0.4, -0.2) is 33.0 Å². The van der Waals surface area contributed by atoms with Crippen LogP contribution in [0.25, 0.3) is 0 Å². The molecule has 18 heavy (non-hydrogen) atoms. The van der Waals surface area contributed by atoms with Crippen molar-refractivity contribution < 1.29 is 8.42 Å². The van der Waals surface area contributed by atoms with Crippen molar-refractivity contribution in [3.8, 4) is 0 Å². The van der Waals surface area contributed by atoms with Gasteiger partial charge in [0.2, 0.25) is 10.0 Å². The summed E-state index contributed by atoms with van der Waals surface area (Å²) in [5.41, 5.74) is 0. The predicted molar refractivity (Wildman–Crippen MR) is 70.0 cm³/mol. The second-order valence-electron chi connectivity index (χ2n) is 4.40. The van der Waals surface area contributed by atoms with E-state index >= 15 is 0 Å². The standard InChI is InChI=1S/C11H16ClN3O2S/c12-10-4-11(8-14-7-10)18(16,17)15-6-9-2-1-3-13-5-9/h4,7-9,13,15H,1-3,5-6H2. The lowest BCUT2D eigenvalue weighted by Gasteiger charge is -2.22. The minimum atomic E-state index is -3.51. The average molecular weight is 290 g/mol. The number of nitrogens with zero attached hydrogens (tertiary/aromatic N) is 1. The quantitative estimate of drug-likeness (QED) is 0.868. The van der Waals surface area contributed by atoms with E-state index in [-0.39, 0.29) is 4.90 Å². The summed E-state index contributed by atoms with van der Waals surface area (Å²) in [5.74, 6) is 0.348. The van der Waals surface area contributed by atoms with Gasteiger partial charge in [-0.3, -0.25) is 4.98 Å². The number of sulfonamides is 1. The van der Waals surface area contributed by atoms with Crippen LogP contribution >= 0.6 is 11.6 Å². The zero-order chi connectivity index (χ0) is 13.0. The number of hydrogen-bond donors (Lipinski definition) is 2. The Hall–Kier alpha value is -0.690. The van der Waals surface area contributed by atoms with Gasteiger partial charge in [0.25, 0.3) is 0 Å². The normalized spacial score (nSPS) is 20.8. The molecule has 2 heterocycles. The van der Waals surface area contributed by atoms with Crippen molar-refractivity contribution >= 4 is 21.6 Å². The van der Waals surface area contributed by atoms with E-state index in [0.29, 0.717) is 17.5 Å². The highest BCUT2D eigenvalue weighted by atomic mass is 35.5. The molecular weight excluding hydrogens is 274 g/mol. The molecule has 0 radical (unpaired) electrons. The SMILES string of the molecule is O=S(=O)(NCC1CCCNC1)c1cncc(Cl)c1. The van der Waals surface area contributed by atoms with Crippen molar-refractivity contribution in [1.29, 1.82) is 0 Å². The highest BCUT2D eigenvalue weighted by Crippen LogP contribution is 2.14. The van der Waals surface area contributed by atoms with Gasteiger partial charge in [-0.1, -0.05) is 11.6 Å². The van der Waals surface area contributed by atoms with Crippen LogP contribution in [0, 0.1) is 5.92 Å². The molecule has 0 saturated carbocycles. The third kappa shape index (κ3) is 3.65. The first-order valence-electron chi connectivity index (χ1n) is 5.89. The Labute approximate surface area is 112 Å². The second kappa shape index (κ2) is 5.97. The van der Waals surface area contributed by atoms with Crippen LogP contribution in [0.5, 0.6) is 0 Å². The lowest BCUT2D eigenvalue weighted by atomic mass is 10.0. The number of pyridine rings is 1. The number of aromatic nitrogens is 1. The molecule has 1 aromatic rings. The average Bonchev–Trinajstić information content (AvgIpc) is 2.38. The maximum Gasteiger partial charge on any atom is 0.242 e. The molecule has 5 nitrogen and oxygen atoms in total. The van der Waals surface area contributed by atoms with Crippen LogP contribution in [0.2, 0.25) is 5.02 Å². The summed E-state index contributed by atoms with van der Waals surface area (Å²) in [5, 5.41) is 3.57. The predicted octanol–water partition coefficient (Wildman–Crippen LogP) is 1.01. The number of nitrogens with one attached hydrogen (secondary N) is 2. The largest absolute Gasteiger partial charge is 0.316 e. The van der Waals surface area contributed by atoms with Gasteiger partial charge in [0.1, 0.15) is 4.90 Å². The molecule has 1 aliphatic rings. The van der Waals surface area contributed by atoms with E-state index in [1.807, 2.05) is 0 Å². The molecule has 1 aromatic heterocycles. The summed E-state index contributed by atoms with van der Waals surface area (Å²) >= 11 is 5.74. The molecule has 0 aromatic carbocycles. The van der Waals surface area contributed by atoms with Gasteiger partial charge in [0.15, 0.2) is 0 Å². The highest BCUT2D eigenvalue weighted by Gasteiger charge is 2.19. The number of hydrogen-bond acceptors (Lipinski definition) is 4. The fourth-order valence-electron chi connectivity index (χ4n) is 1.95. The van der Waals surface area contributed by atoms with Gasteiger partial charge < -0.3 is 5.32 Å². The Morgan fingerprint density at radius 3 is 3.00 bits per heavy atom. The molecule has 0 spiro atoms. The Bertz CT molecular complexity index is 501. The fourth-order valence-corrected chi connectivity index (χ4v) is 3.29. The van der Waals surface area contributed by atoms with Crippen molar-refractivity contribution in [2.45, 2.75) is 17.7 Å². The Kier molecular flexibility index (Phi) is 4.55. The van der Waals surface area contributed by atoms with Crippen LogP contribution in [0.1, 0.15) is 12.8 Å². The fraction of sp³-hybridized carbons (Fsp3) is 0.545. The van der Waals surface area contributed by atoms with Crippen molar-refractivity contribution in [3.05, 3.63) is 23.5 Å². The van der Waals surface area contributed by atoms with Gasteiger partial charge in [-0.2, -0.15) is 0 Å². The highest BCUT2D eigenvalue weighted by molar-refractivity contribution is 7.89. The third-order valence-electron chi connectivity index (χ3n) is 2.95. The zero-order valence-electron chi connectivity index (χ0n) is 9.89. The van der Waals surface area contributed by atoms with Crippen molar-refractivity contribution in [2.24, 2.45) is 5.92 Å². The smallest absolute Gasteiger partial charge is 0.242 e. The first kappa shape index (κ1) is 13.7. The maximum absolute atomic E-state index is 12.0. The lowest BCUT2D eigenvalue weighted by molar-refractivity contribution is 0.376. The molecule has 1 saturated heterocycles.